The van der Waals surface area contributed by atoms with E-state index >= 15 is 0 Å². The van der Waals surface area contributed by atoms with Gasteiger partial charge in [0.15, 0.2) is 5.69 Å². The molecule has 0 saturated carbocycles. The van der Waals surface area contributed by atoms with Crippen molar-refractivity contribution in [3.05, 3.63) is 30.4 Å². The summed E-state index contributed by atoms with van der Waals surface area (Å²) in [5, 5.41) is 10.9. The number of rotatable bonds is 5. The molecule has 3 N–H and O–H groups in total. The second-order valence-electron chi connectivity index (χ2n) is 3.81. The van der Waals surface area contributed by atoms with E-state index in [-0.39, 0.29) is 11.6 Å². The lowest BCUT2D eigenvalue weighted by atomic mass is 10.3. The summed E-state index contributed by atoms with van der Waals surface area (Å²) in [7, 11) is 0. The standard InChI is InChI=1S/C11H16N6O/c1-2-16-8-9(12)10(15-16)11(18)13-5-7-17-6-3-4-14-17/h3-4,6,8H,2,5,7,12H2,1H3,(H,13,18). The fourth-order valence-corrected chi connectivity index (χ4v) is 1.58. The Morgan fingerprint density at radius 1 is 1.50 bits per heavy atom. The maximum atomic E-state index is 11.8. The summed E-state index contributed by atoms with van der Waals surface area (Å²) >= 11 is 0. The molecule has 2 aromatic rings. The SMILES string of the molecule is CCn1cc(N)c(C(=O)NCCn2cccn2)n1. The van der Waals surface area contributed by atoms with Crippen LogP contribution in [0.3, 0.4) is 0 Å². The molecule has 0 radical (unpaired) electrons. The first-order valence-corrected chi connectivity index (χ1v) is 5.79. The zero-order chi connectivity index (χ0) is 13.0. The van der Waals surface area contributed by atoms with E-state index in [0.717, 1.165) is 0 Å². The Morgan fingerprint density at radius 3 is 2.94 bits per heavy atom. The number of amides is 1. The summed E-state index contributed by atoms with van der Waals surface area (Å²) in [5.74, 6) is -0.258. The van der Waals surface area contributed by atoms with Crippen LogP contribution in [-0.2, 0) is 13.1 Å². The molecule has 0 atom stereocenters. The van der Waals surface area contributed by atoms with Crippen molar-refractivity contribution < 1.29 is 4.79 Å². The molecular formula is C11H16N6O. The van der Waals surface area contributed by atoms with E-state index in [4.69, 9.17) is 5.73 Å². The van der Waals surface area contributed by atoms with E-state index in [1.54, 1.807) is 21.8 Å². The quantitative estimate of drug-likeness (QED) is 0.785. The maximum absolute atomic E-state index is 11.8. The van der Waals surface area contributed by atoms with E-state index in [2.05, 4.69) is 15.5 Å². The molecule has 0 aliphatic heterocycles. The minimum Gasteiger partial charge on any atom is -0.396 e. The molecule has 2 aromatic heterocycles. The summed E-state index contributed by atoms with van der Waals surface area (Å²) in [6, 6.07) is 1.84. The van der Waals surface area contributed by atoms with Gasteiger partial charge in [-0.1, -0.05) is 0 Å². The number of nitrogen functional groups attached to an aromatic ring is 1. The van der Waals surface area contributed by atoms with Crippen molar-refractivity contribution in [3.63, 3.8) is 0 Å². The number of nitrogens with two attached hydrogens (primary N) is 1. The average molecular weight is 248 g/mol. The monoisotopic (exact) mass is 248 g/mol. The number of hydrogen-bond acceptors (Lipinski definition) is 4. The molecule has 0 aliphatic carbocycles. The molecule has 2 heterocycles. The number of anilines is 1. The zero-order valence-corrected chi connectivity index (χ0v) is 10.2. The number of aromatic nitrogens is 4. The molecule has 0 aliphatic rings. The van der Waals surface area contributed by atoms with Crippen LogP contribution in [0.15, 0.2) is 24.7 Å². The third kappa shape index (κ3) is 2.68. The van der Waals surface area contributed by atoms with Crippen LogP contribution in [0.25, 0.3) is 0 Å². The average Bonchev–Trinajstić information content (AvgIpc) is 2.98. The summed E-state index contributed by atoms with van der Waals surface area (Å²) in [4.78, 5) is 11.8. The lowest BCUT2D eigenvalue weighted by molar-refractivity contribution is 0.0947. The van der Waals surface area contributed by atoms with Gasteiger partial charge in [0, 0.05) is 31.7 Å². The van der Waals surface area contributed by atoms with Gasteiger partial charge in [-0.25, -0.2) is 0 Å². The molecule has 96 valence electrons. The van der Waals surface area contributed by atoms with Crippen molar-refractivity contribution in [2.24, 2.45) is 0 Å². The summed E-state index contributed by atoms with van der Waals surface area (Å²) in [5.41, 5.74) is 6.39. The summed E-state index contributed by atoms with van der Waals surface area (Å²) in [6.45, 7) is 3.72. The van der Waals surface area contributed by atoms with Crippen molar-refractivity contribution in [2.45, 2.75) is 20.0 Å². The van der Waals surface area contributed by atoms with E-state index in [1.807, 2.05) is 19.2 Å². The Kier molecular flexibility index (Phi) is 3.61. The Balaban J connectivity index is 1.89. The highest BCUT2D eigenvalue weighted by molar-refractivity contribution is 5.96. The van der Waals surface area contributed by atoms with Gasteiger partial charge in [0.25, 0.3) is 5.91 Å². The number of nitrogens with zero attached hydrogens (tertiary/aromatic N) is 4. The predicted molar refractivity (Wildman–Crippen MR) is 66.9 cm³/mol. The van der Waals surface area contributed by atoms with Crippen LogP contribution in [0.4, 0.5) is 5.69 Å². The highest BCUT2D eigenvalue weighted by Gasteiger charge is 2.13. The first kappa shape index (κ1) is 12.2. The van der Waals surface area contributed by atoms with Crippen molar-refractivity contribution in [1.29, 1.82) is 0 Å². The van der Waals surface area contributed by atoms with Crippen molar-refractivity contribution in [1.82, 2.24) is 24.9 Å². The van der Waals surface area contributed by atoms with Crippen LogP contribution in [0.5, 0.6) is 0 Å². The number of hydrogen-bond donors (Lipinski definition) is 2. The predicted octanol–water partition coefficient (Wildman–Crippen LogP) is 0.112. The van der Waals surface area contributed by atoms with E-state index in [9.17, 15) is 4.79 Å². The molecular weight excluding hydrogens is 232 g/mol. The number of aryl methyl sites for hydroxylation is 1. The van der Waals surface area contributed by atoms with Crippen LogP contribution < -0.4 is 11.1 Å². The van der Waals surface area contributed by atoms with Crippen molar-refractivity contribution >= 4 is 11.6 Å². The van der Waals surface area contributed by atoms with Crippen LogP contribution in [-0.4, -0.2) is 32.0 Å². The fraction of sp³-hybridized carbons (Fsp3) is 0.364. The van der Waals surface area contributed by atoms with Crippen LogP contribution in [0.2, 0.25) is 0 Å². The van der Waals surface area contributed by atoms with Gasteiger partial charge < -0.3 is 11.1 Å². The number of nitrogens with one attached hydrogen (secondary N) is 1. The highest BCUT2D eigenvalue weighted by atomic mass is 16.2. The summed E-state index contributed by atoms with van der Waals surface area (Å²) in [6.07, 6.45) is 5.19. The van der Waals surface area contributed by atoms with Gasteiger partial charge in [-0.3, -0.25) is 14.2 Å². The minimum atomic E-state index is -0.258. The smallest absolute Gasteiger partial charge is 0.274 e. The fourth-order valence-electron chi connectivity index (χ4n) is 1.58. The van der Waals surface area contributed by atoms with E-state index < -0.39 is 0 Å². The first-order valence-electron chi connectivity index (χ1n) is 5.79. The van der Waals surface area contributed by atoms with Crippen LogP contribution in [0.1, 0.15) is 17.4 Å². The van der Waals surface area contributed by atoms with E-state index in [1.165, 1.54) is 0 Å². The highest BCUT2D eigenvalue weighted by Crippen LogP contribution is 2.08. The van der Waals surface area contributed by atoms with Crippen molar-refractivity contribution in [3.8, 4) is 0 Å². The normalized spacial score (nSPS) is 10.5. The Morgan fingerprint density at radius 2 is 2.33 bits per heavy atom. The van der Waals surface area contributed by atoms with Gasteiger partial charge in [0.05, 0.1) is 12.2 Å². The largest absolute Gasteiger partial charge is 0.396 e. The molecule has 0 unspecified atom stereocenters. The third-order valence-corrected chi connectivity index (χ3v) is 2.51. The van der Waals surface area contributed by atoms with Gasteiger partial charge in [-0.15, -0.1) is 0 Å². The molecule has 1 amide bonds. The molecule has 2 rings (SSSR count). The lowest BCUT2D eigenvalue weighted by Gasteiger charge is -2.04. The molecule has 0 bridgehead atoms. The van der Waals surface area contributed by atoms with Crippen LogP contribution >= 0.6 is 0 Å². The molecule has 7 nitrogen and oxygen atoms in total. The Hall–Kier alpha value is -2.31. The zero-order valence-electron chi connectivity index (χ0n) is 10.2. The Bertz CT molecular complexity index is 516. The second-order valence-corrected chi connectivity index (χ2v) is 3.81. The first-order chi connectivity index (χ1) is 8.70. The molecule has 0 spiro atoms. The molecule has 0 fully saturated rings. The van der Waals surface area contributed by atoms with Gasteiger partial charge >= 0.3 is 0 Å². The Labute approximate surface area is 105 Å². The molecule has 0 saturated heterocycles. The minimum absolute atomic E-state index is 0.258. The summed E-state index contributed by atoms with van der Waals surface area (Å²) < 4.78 is 3.38. The second kappa shape index (κ2) is 5.35. The lowest BCUT2D eigenvalue weighted by Crippen LogP contribution is -2.28. The molecule has 18 heavy (non-hydrogen) atoms. The van der Waals surface area contributed by atoms with Gasteiger partial charge in [0.2, 0.25) is 0 Å². The van der Waals surface area contributed by atoms with E-state index in [0.29, 0.717) is 25.3 Å². The topological polar surface area (TPSA) is 90.8 Å². The molecule has 7 heteroatoms. The number of carbonyl (C=O) groups excluding carboxylic acids is 1. The van der Waals surface area contributed by atoms with Gasteiger partial charge in [-0.2, -0.15) is 10.2 Å². The van der Waals surface area contributed by atoms with Crippen molar-refractivity contribution in [2.75, 3.05) is 12.3 Å². The van der Waals surface area contributed by atoms with Gasteiger partial charge in [0.1, 0.15) is 0 Å². The number of carbonyl (C=O) groups is 1. The maximum Gasteiger partial charge on any atom is 0.274 e. The third-order valence-electron chi connectivity index (χ3n) is 2.51. The molecule has 0 aromatic carbocycles. The van der Waals surface area contributed by atoms with Gasteiger partial charge in [-0.05, 0) is 13.0 Å². The van der Waals surface area contributed by atoms with Crippen LogP contribution in [0, 0.1) is 0 Å².